The predicted octanol–water partition coefficient (Wildman–Crippen LogP) is 2.95. The normalized spacial score (nSPS) is 17.2. The molecule has 2 aromatic rings. The molecule has 0 spiro atoms. The molecule has 0 aliphatic carbocycles. The Hall–Kier alpha value is -2.56. The monoisotopic (exact) mass is 340 g/mol. The standard InChI is InChI=1S/C20H24N2O3/c1-24-18-6-8-19(9-7-18)25-15-20(23)22-11-3-5-17(14-22)12-16-4-2-10-21-13-16/h2,4,6-10,13,17H,3,5,11-12,14-15H2,1H3. The number of amides is 1. The first-order chi connectivity index (χ1) is 12.2. The number of pyridine rings is 1. The van der Waals surface area contributed by atoms with Crippen molar-refractivity contribution >= 4 is 5.91 Å². The third-order valence-corrected chi connectivity index (χ3v) is 4.54. The first kappa shape index (κ1) is 17.3. The van der Waals surface area contributed by atoms with Crippen molar-refractivity contribution in [3.8, 4) is 11.5 Å². The van der Waals surface area contributed by atoms with Gasteiger partial charge in [-0.2, -0.15) is 0 Å². The number of hydrogen-bond donors (Lipinski definition) is 0. The van der Waals surface area contributed by atoms with Crippen LogP contribution in [0.4, 0.5) is 0 Å². The Morgan fingerprint density at radius 3 is 2.76 bits per heavy atom. The van der Waals surface area contributed by atoms with Crippen molar-refractivity contribution in [1.82, 2.24) is 9.88 Å². The van der Waals surface area contributed by atoms with Gasteiger partial charge in [0.15, 0.2) is 6.61 Å². The summed E-state index contributed by atoms with van der Waals surface area (Å²) in [5, 5.41) is 0. The molecule has 132 valence electrons. The number of benzene rings is 1. The van der Waals surface area contributed by atoms with Crippen LogP contribution in [-0.2, 0) is 11.2 Å². The summed E-state index contributed by atoms with van der Waals surface area (Å²) in [4.78, 5) is 18.6. The quantitative estimate of drug-likeness (QED) is 0.811. The van der Waals surface area contributed by atoms with Gasteiger partial charge in [-0.25, -0.2) is 0 Å². The van der Waals surface area contributed by atoms with Gasteiger partial charge in [0.05, 0.1) is 7.11 Å². The molecule has 3 rings (SSSR count). The van der Waals surface area contributed by atoms with Gasteiger partial charge < -0.3 is 14.4 Å². The van der Waals surface area contributed by atoms with Gasteiger partial charge in [-0.15, -0.1) is 0 Å². The van der Waals surface area contributed by atoms with E-state index in [1.807, 2.05) is 41.4 Å². The lowest BCUT2D eigenvalue weighted by Gasteiger charge is -2.32. The minimum atomic E-state index is 0.0479. The molecule has 25 heavy (non-hydrogen) atoms. The van der Waals surface area contributed by atoms with Crippen molar-refractivity contribution in [3.05, 3.63) is 54.4 Å². The van der Waals surface area contributed by atoms with Crippen LogP contribution in [0, 0.1) is 5.92 Å². The topological polar surface area (TPSA) is 51.7 Å². The maximum absolute atomic E-state index is 12.5. The average molecular weight is 340 g/mol. The van der Waals surface area contributed by atoms with E-state index in [2.05, 4.69) is 11.1 Å². The molecule has 5 nitrogen and oxygen atoms in total. The lowest BCUT2D eigenvalue weighted by molar-refractivity contribution is -0.135. The largest absolute Gasteiger partial charge is 0.497 e. The summed E-state index contributed by atoms with van der Waals surface area (Å²) in [6.45, 7) is 1.68. The smallest absolute Gasteiger partial charge is 0.260 e. The molecule has 0 bridgehead atoms. The first-order valence-electron chi connectivity index (χ1n) is 8.68. The molecule has 0 radical (unpaired) electrons. The van der Waals surface area contributed by atoms with Crippen LogP contribution in [-0.4, -0.2) is 42.6 Å². The zero-order chi connectivity index (χ0) is 17.5. The Balaban J connectivity index is 1.49. The van der Waals surface area contributed by atoms with E-state index in [0.29, 0.717) is 11.7 Å². The maximum atomic E-state index is 12.5. The molecule has 1 amide bonds. The van der Waals surface area contributed by atoms with Gasteiger partial charge in [0.1, 0.15) is 11.5 Å². The van der Waals surface area contributed by atoms with Crippen LogP contribution in [0.5, 0.6) is 11.5 Å². The number of aromatic nitrogens is 1. The SMILES string of the molecule is COc1ccc(OCC(=O)N2CCCC(Cc3cccnc3)C2)cc1. The van der Waals surface area contributed by atoms with Crippen molar-refractivity contribution in [1.29, 1.82) is 0 Å². The maximum Gasteiger partial charge on any atom is 0.260 e. The van der Waals surface area contributed by atoms with E-state index < -0.39 is 0 Å². The lowest BCUT2D eigenvalue weighted by atomic mass is 9.92. The molecule has 1 aliphatic heterocycles. The van der Waals surface area contributed by atoms with E-state index >= 15 is 0 Å². The number of likely N-dealkylation sites (tertiary alicyclic amines) is 1. The number of rotatable bonds is 6. The second kappa shape index (κ2) is 8.51. The highest BCUT2D eigenvalue weighted by Crippen LogP contribution is 2.21. The van der Waals surface area contributed by atoms with Crippen molar-refractivity contribution in [2.75, 3.05) is 26.8 Å². The van der Waals surface area contributed by atoms with Gasteiger partial charge in [0, 0.05) is 25.5 Å². The molecule has 1 aliphatic rings. The molecule has 1 fully saturated rings. The van der Waals surface area contributed by atoms with Crippen molar-refractivity contribution in [2.45, 2.75) is 19.3 Å². The van der Waals surface area contributed by atoms with E-state index in [9.17, 15) is 4.79 Å². The minimum Gasteiger partial charge on any atom is -0.497 e. The number of hydrogen-bond acceptors (Lipinski definition) is 4. The molecular formula is C20H24N2O3. The Morgan fingerprint density at radius 2 is 2.04 bits per heavy atom. The fourth-order valence-electron chi connectivity index (χ4n) is 3.22. The molecular weight excluding hydrogens is 316 g/mol. The second-order valence-electron chi connectivity index (χ2n) is 6.38. The van der Waals surface area contributed by atoms with Crippen LogP contribution in [0.3, 0.4) is 0 Å². The fourth-order valence-corrected chi connectivity index (χ4v) is 3.22. The number of ether oxygens (including phenoxy) is 2. The van der Waals surface area contributed by atoms with E-state index in [-0.39, 0.29) is 12.5 Å². The van der Waals surface area contributed by atoms with Crippen LogP contribution in [0.25, 0.3) is 0 Å². The van der Waals surface area contributed by atoms with Gasteiger partial charge in [0.25, 0.3) is 5.91 Å². The Kier molecular flexibility index (Phi) is 5.88. The van der Waals surface area contributed by atoms with Crippen LogP contribution in [0.1, 0.15) is 18.4 Å². The number of methoxy groups -OCH3 is 1. The Labute approximate surface area is 148 Å². The molecule has 1 atom stereocenters. The molecule has 5 heteroatoms. The van der Waals surface area contributed by atoms with Gasteiger partial charge >= 0.3 is 0 Å². The summed E-state index contributed by atoms with van der Waals surface area (Å²) in [7, 11) is 1.62. The summed E-state index contributed by atoms with van der Waals surface area (Å²) in [5.74, 6) is 1.99. The summed E-state index contributed by atoms with van der Waals surface area (Å²) in [6, 6.07) is 11.3. The average Bonchev–Trinajstić information content (AvgIpc) is 2.67. The third-order valence-electron chi connectivity index (χ3n) is 4.54. The van der Waals surface area contributed by atoms with Gasteiger partial charge in [-0.05, 0) is 61.1 Å². The summed E-state index contributed by atoms with van der Waals surface area (Å²) >= 11 is 0. The zero-order valence-electron chi connectivity index (χ0n) is 14.6. The summed E-state index contributed by atoms with van der Waals surface area (Å²) in [6.07, 6.45) is 6.86. The summed E-state index contributed by atoms with van der Waals surface area (Å²) in [5.41, 5.74) is 1.23. The van der Waals surface area contributed by atoms with E-state index in [4.69, 9.17) is 9.47 Å². The number of carbonyl (C=O) groups is 1. The Bertz CT molecular complexity index is 673. The highest BCUT2D eigenvalue weighted by Gasteiger charge is 2.24. The van der Waals surface area contributed by atoms with Gasteiger partial charge in [0.2, 0.25) is 0 Å². The molecule has 2 heterocycles. The molecule has 0 saturated carbocycles. The first-order valence-corrected chi connectivity index (χ1v) is 8.68. The lowest BCUT2D eigenvalue weighted by Crippen LogP contribution is -2.42. The third kappa shape index (κ3) is 4.95. The molecule has 1 aromatic heterocycles. The van der Waals surface area contributed by atoms with Crippen molar-refractivity contribution in [2.24, 2.45) is 5.92 Å². The summed E-state index contributed by atoms with van der Waals surface area (Å²) < 4.78 is 10.7. The van der Waals surface area contributed by atoms with Crippen LogP contribution in [0.2, 0.25) is 0 Å². The fraction of sp³-hybridized carbons (Fsp3) is 0.400. The number of piperidine rings is 1. The van der Waals surface area contributed by atoms with Gasteiger partial charge in [-0.1, -0.05) is 6.07 Å². The molecule has 1 aromatic carbocycles. The van der Waals surface area contributed by atoms with Crippen LogP contribution in [0.15, 0.2) is 48.8 Å². The second-order valence-corrected chi connectivity index (χ2v) is 6.38. The van der Waals surface area contributed by atoms with Crippen molar-refractivity contribution < 1.29 is 14.3 Å². The highest BCUT2D eigenvalue weighted by atomic mass is 16.5. The van der Waals surface area contributed by atoms with Gasteiger partial charge in [-0.3, -0.25) is 9.78 Å². The van der Waals surface area contributed by atoms with E-state index in [1.54, 1.807) is 13.3 Å². The van der Waals surface area contributed by atoms with Crippen LogP contribution >= 0.6 is 0 Å². The number of carbonyl (C=O) groups excluding carboxylic acids is 1. The van der Waals surface area contributed by atoms with Crippen molar-refractivity contribution in [3.63, 3.8) is 0 Å². The Morgan fingerprint density at radius 1 is 1.24 bits per heavy atom. The predicted molar refractivity (Wildman–Crippen MR) is 95.7 cm³/mol. The molecule has 0 N–H and O–H groups in total. The minimum absolute atomic E-state index is 0.0479. The zero-order valence-corrected chi connectivity index (χ0v) is 14.6. The molecule has 1 unspecified atom stereocenters. The number of nitrogens with zero attached hydrogens (tertiary/aromatic N) is 2. The highest BCUT2D eigenvalue weighted by molar-refractivity contribution is 5.77. The van der Waals surface area contributed by atoms with E-state index in [1.165, 1.54) is 5.56 Å². The van der Waals surface area contributed by atoms with E-state index in [0.717, 1.165) is 38.1 Å². The van der Waals surface area contributed by atoms with Crippen LogP contribution < -0.4 is 9.47 Å². The molecule has 1 saturated heterocycles.